The zero-order chi connectivity index (χ0) is 24.2. The lowest BCUT2D eigenvalue weighted by molar-refractivity contribution is -0.142. The molecule has 1 saturated heterocycles. The second kappa shape index (κ2) is 10.5. The molecule has 184 valence electrons. The highest BCUT2D eigenvalue weighted by Crippen LogP contribution is 2.48. The van der Waals surface area contributed by atoms with Crippen molar-refractivity contribution in [2.75, 3.05) is 61.3 Å². The van der Waals surface area contributed by atoms with E-state index in [0.29, 0.717) is 55.7 Å². The number of aliphatic hydroxyl groups excluding tert-OH is 1. The van der Waals surface area contributed by atoms with Gasteiger partial charge in [0.15, 0.2) is 23.0 Å². The third-order valence-electron chi connectivity index (χ3n) is 6.98. The Bertz CT molecular complexity index is 1020. The first-order valence-electron chi connectivity index (χ1n) is 11.5. The van der Waals surface area contributed by atoms with E-state index in [4.69, 9.17) is 23.7 Å². The van der Waals surface area contributed by atoms with Crippen molar-refractivity contribution < 1.29 is 33.6 Å². The summed E-state index contributed by atoms with van der Waals surface area (Å²) in [5.74, 6) is 1.55. The lowest BCUT2D eigenvalue weighted by atomic mass is 9.66. The SMILES string of the molecule is COc1ccc([C@@H]2c3cc(OC)c(OC)cc3C[C@H](C(=O)N3CCOCC3)[C@H]2CO)cc1OC. The molecule has 0 radical (unpaired) electrons. The highest BCUT2D eigenvalue weighted by molar-refractivity contribution is 5.80. The Hall–Kier alpha value is -2.97. The molecule has 0 bridgehead atoms. The second-order valence-electron chi connectivity index (χ2n) is 8.59. The van der Waals surface area contributed by atoms with Crippen LogP contribution in [0.5, 0.6) is 23.0 Å². The Kier molecular flexibility index (Phi) is 7.48. The van der Waals surface area contributed by atoms with Crippen molar-refractivity contribution in [2.45, 2.75) is 12.3 Å². The molecule has 2 aliphatic rings. The molecule has 1 fully saturated rings. The highest BCUT2D eigenvalue weighted by atomic mass is 16.5. The molecule has 1 heterocycles. The minimum atomic E-state index is -0.383. The molecule has 1 amide bonds. The maximum atomic E-state index is 13.7. The van der Waals surface area contributed by atoms with Crippen LogP contribution in [0.3, 0.4) is 0 Å². The van der Waals surface area contributed by atoms with Gasteiger partial charge in [0.1, 0.15) is 0 Å². The summed E-state index contributed by atoms with van der Waals surface area (Å²) in [5.41, 5.74) is 2.95. The van der Waals surface area contributed by atoms with Gasteiger partial charge in [-0.25, -0.2) is 0 Å². The zero-order valence-electron chi connectivity index (χ0n) is 20.2. The summed E-state index contributed by atoms with van der Waals surface area (Å²) in [6.45, 7) is 2.06. The quantitative estimate of drug-likeness (QED) is 0.664. The topological polar surface area (TPSA) is 86.7 Å². The predicted molar refractivity (Wildman–Crippen MR) is 126 cm³/mol. The first-order chi connectivity index (χ1) is 16.6. The van der Waals surface area contributed by atoms with E-state index in [1.807, 2.05) is 35.2 Å². The molecule has 8 nitrogen and oxygen atoms in total. The van der Waals surface area contributed by atoms with Crippen LogP contribution in [0, 0.1) is 11.8 Å². The zero-order valence-corrected chi connectivity index (χ0v) is 20.2. The number of hydrogen-bond donors (Lipinski definition) is 1. The van der Waals surface area contributed by atoms with Gasteiger partial charge in [-0.05, 0) is 47.4 Å². The lowest BCUT2D eigenvalue weighted by Crippen LogP contribution is -2.48. The third kappa shape index (κ3) is 4.40. The van der Waals surface area contributed by atoms with Gasteiger partial charge >= 0.3 is 0 Å². The van der Waals surface area contributed by atoms with Gasteiger partial charge in [0.2, 0.25) is 5.91 Å². The van der Waals surface area contributed by atoms with Crippen LogP contribution < -0.4 is 18.9 Å². The number of aliphatic hydroxyl groups is 1. The summed E-state index contributed by atoms with van der Waals surface area (Å²) in [6.07, 6.45) is 0.515. The number of methoxy groups -OCH3 is 4. The van der Waals surface area contributed by atoms with Gasteiger partial charge in [-0.15, -0.1) is 0 Å². The van der Waals surface area contributed by atoms with E-state index in [2.05, 4.69) is 0 Å². The van der Waals surface area contributed by atoms with Crippen molar-refractivity contribution in [3.8, 4) is 23.0 Å². The largest absolute Gasteiger partial charge is 0.493 e. The summed E-state index contributed by atoms with van der Waals surface area (Å²) < 4.78 is 27.6. The molecule has 1 aliphatic carbocycles. The monoisotopic (exact) mass is 471 g/mol. The minimum Gasteiger partial charge on any atom is -0.493 e. The summed E-state index contributed by atoms with van der Waals surface area (Å²) in [4.78, 5) is 15.5. The smallest absolute Gasteiger partial charge is 0.226 e. The van der Waals surface area contributed by atoms with Gasteiger partial charge in [0.25, 0.3) is 0 Å². The average Bonchev–Trinajstić information content (AvgIpc) is 2.90. The van der Waals surface area contributed by atoms with E-state index >= 15 is 0 Å². The number of nitrogens with zero attached hydrogens (tertiary/aromatic N) is 1. The Morgan fingerprint density at radius 2 is 1.56 bits per heavy atom. The fourth-order valence-corrected chi connectivity index (χ4v) is 5.25. The fraction of sp³-hybridized carbons (Fsp3) is 0.500. The molecule has 0 saturated carbocycles. The maximum absolute atomic E-state index is 13.7. The van der Waals surface area contributed by atoms with Crippen LogP contribution in [-0.2, 0) is 16.0 Å². The van der Waals surface area contributed by atoms with Crippen LogP contribution in [-0.4, -0.2) is 77.3 Å². The molecule has 3 atom stereocenters. The van der Waals surface area contributed by atoms with E-state index in [0.717, 1.165) is 16.7 Å². The number of morpholine rings is 1. The van der Waals surface area contributed by atoms with Crippen LogP contribution in [0.1, 0.15) is 22.6 Å². The molecule has 0 aromatic heterocycles. The van der Waals surface area contributed by atoms with Gasteiger partial charge in [-0.2, -0.15) is 0 Å². The van der Waals surface area contributed by atoms with Gasteiger partial charge in [-0.1, -0.05) is 6.07 Å². The normalized spacial score (nSPS) is 22.0. The molecule has 1 aliphatic heterocycles. The molecule has 0 unspecified atom stereocenters. The number of benzene rings is 2. The summed E-state index contributed by atoms with van der Waals surface area (Å²) >= 11 is 0. The Morgan fingerprint density at radius 1 is 0.941 bits per heavy atom. The number of fused-ring (bicyclic) bond motifs is 1. The van der Waals surface area contributed by atoms with Crippen LogP contribution in [0.15, 0.2) is 30.3 Å². The number of ether oxygens (including phenoxy) is 5. The summed E-state index contributed by atoms with van der Waals surface area (Å²) in [5, 5.41) is 10.6. The fourth-order valence-electron chi connectivity index (χ4n) is 5.25. The van der Waals surface area contributed by atoms with Gasteiger partial charge in [0.05, 0.1) is 41.7 Å². The maximum Gasteiger partial charge on any atom is 0.226 e. The molecular weight excluding hydrogens is 438 g/mol. The van der Waals surface area contributed by atoms with E-state index < -0.39 is 0 Å². The van der Waals surface area contributed by atoms with Crippen molar-refractivity contribution in [3.05, 3.63) is 47.0 Å². The number of hydrogen-bond acceptors (Lipinski definition) is 7. The molecule has 1 N–H and O–H groups in total. The molecule has 2 aromatic carbocycles. The van der Waals surface area contributed by atoms with Crippen LogP contribution in [0.25, 0.3) is 0 Å². The van der Waals surface area contributed by atoms with Crippen molar-refractivity contribution in [1.29, 1.82) is 0 Å². The van der Waals surface area contributed by atoms with Gasteiger partial charge in [-0.3, -0.25) is 4.79 Å². The molecule has 34 heavy (non-hydrogen) atoms. The Balaban J connectivity index is 1.85. The highest BCUT2D eigenvalue weighted by Gasteiger charge is 2.43. The van der Waals surface area contributed by atoms with Gasteiger partial charge in [0, 0.05) is 37.5 Å². The van der Waals surface area contributed by atoms with E-state index in [-0.39, 0.29) is 30.3 Å². The number of amides is 1. The third-order valence-corrected chi connectivity index (χ3v) is 6.98. The predicted octanol–water partition coefficient (Wildman–Crippen LogP) is 2.49. The first kappa shape index (κ1) is 24.2. The van der Waals surface area contributed by atoms with Crippen molar-refractivity contribution in [1.82, 2.24) is 4.90 Å². The number of carbonyl (C=O) groups is 1. The number of rotatable bonds is 7. The van der Waals surface area contributed by atoms with Gasteiger partial charge < -0.3 is 33.7 Å². The second-order valence-corrected chi connectivity index (χ2v) is 8.59. The minimum absolute atomic E-state index is 0.0493. The molecule has 4 rings (SSSR count). The van der Waals surface area contributed by atoms with Crippen LogP contribution >= 0.6 is 0 Å². The van der Waals surface area contributed by atoms with E-state index in [1.54, 1.807) is 28.4 Å². The molecule has 8 heteroatoms. The summed E-state index contributed by atoms with van der Waals surface area (Å²) in [7, 11) is 6.40. The molecule has 0 spiro atoms. The van der Waals surface area contributed by atoms with Crippen LogP contribution in [0.2, 0.25) is 0 Å². The van der Waals surface area contributed by atoms with E-state index in [9.17, 15) is 9.90 Å². The standard InChI is InChI=1S/C26H33NO7/c1-30-21-6-5-16(12-22(21)31-2)25-18-14-24(33-4)23(32-3)13-17(18)11-19(20(25)15-28)26(29)27-7-9-34-10-8-27/h5-6,12-14,19-20,25,28H,7-11,15H2,1-4H3/t19-,20+,25+/m0/s1. The summed E-state index contributed by atoms with van der Waals surface area (Å²) in [6, 6.07) is 9.67. The van der Waals surface area contributed by atoms with E-state index in [1.165, 1.54) is 0 Å². The Morgan fingerprint density at radius 3 is 2.18 bits per heavy atom. The Labute approximate surface area is 200 Å². The van der Waals surface area contributed by atoms with Crippen molar-refractivity contribution in [3.63, 3.8) is 0 Å². The lowest BCUT2D eigenvalue weighted by Gasteiger charge is -2.41. The average molecular weight is 472 g/mol. The van der Waals surface area contributed by atoms with Crippen LogP contribution in [0.4, 0.5) is 0 Å². The van der Waals surface area contributed by atoms with Crippen molar-refractivity contribution in [2.24, 2.45) is 11.8 Å². The number of carbonyl (C=O) groups excluding carboxylic acids is 1. The first-order valence-corrected chi connectivity index (χ1v) is 11.5. The van der Waals surface area contributed by atoms with Crippen molar-refractivity contribution >= 4 is 5.91 Å². The molecular formula is C26H33NO7. The molecule has 2 aromatic rings.